The molecule has 4 rings (SSSR count). The van der Waals surface area contributed by atoms with Gasteiger partial charge in [-0.05, 0) is 23.4 Å². The maximum absolute atomic E-state index is 13.6. The maximum atomic E-state index is 13.6. The Labute approximate surface area is 172 Å². The molecule has 152 valence electrons. The number of hydrogen-bond donors (Lipinski definition) is 1. The number of ether oxygens (including phenoxy) is 2. The van der Waals surface area contributed by atoms with Crippen molar-refractivity contribution in [2.24, 2.45) is 0 Å². The fourth-order valence-corrected chi connectivity index (χ4v) is 3.43. The molecule has 0 amide bonds. The van der Waals surface area contributed by atoms with Gasteiger partial charge in [0.15, 0.2) is 5.78 Å². The molecule has 0 spiro atoms. The van der Waals surface area contributed by atoms with Crippen molar-refractivity contribution in [2.45, 2.75) is 13.0 Å². The SMILES string of the molecule is COC(=O)C1=C(C(=O)c2ccc(C)cc2)[C@H](c2ccccc2OC)n2nnnc2N1. The molecule has 0 radical (unpaired) electrons. The van der Waals surface area contributed by atoms with Gasteiger partial charge in [0, 0.05) is 11.1 Å². The van der Waals surface area contributed by atoms with Crippen molar-refractivity contribution in [1.29, 1.82) is 0 Å². The predicted octanol–water partition coefficient (Wildman–Crippen LogP) is 2.32. The molecule has 1 N–H and O–H groups in total. The quantitative estimate of drug-likeness (QED) is 0.509. The van der Waals surface area contributed by atoms with Crippen LogP contribution in [-0.2, 0) is 9.53 Å². The summed E-state index contributed by atoms with van der Waals surface area (Å²) < 4.78 is 11.9. The number of nitrogens with one attached hydrogen (secondary N) is 1. The zero-order valence-corrected chi connectivity index (χ0v) is 16.6. The summed E-state index contributed by atoms with van der Waals surface area (Å²) in [5, 5.41) is 14.5. The van der Waals surface area contributed by atoms with E-state index in [4.69, 9.17) is 9.47 Å². The van der Waals surface area contributed by atoms with E-state index in [0.29, 0.717) is 16.9 Å². The number of ketones is 1. The van der Waals surface area contributed by atoms with E-state index in [0.717, 1.165) is 5.56 Å². The number of benzene rings is 2. The van der Waals surface area contributed by atoms with Gasteiger partial charge < -0.3 is 14.8 Å². The van der Waals surface area contributed by atoms with Gasteiger partial charge in [-0.1, -0.05) is 53.1 Å². The highest BCUT2D eigenvalue weighted by Gasteiger charge is 2.39. The van der Waals surface area contributed by atoms with Gasteiger partial charge in [-0.2, -0.15) is 4.68 Å². The van der Waals surface area contributed by atoms with Crippen molar-refractivity contribution in [3.63, 3.8) is 0 Å². The molecular weight excluding hydrogens is 386 g/mol. The van der Waals surface area contributed by atoms with E-state index >= 15 is 0 Å². The summed E-state index contributed by atoms with van der Waals surface area (Å²) in [5.41, 5.74) is 2.22. The summed E-state index contributed by atoms with van der Waals surface area (Å²) >= 11 is 0. The van der Waals surface area contributed by atoms with Crippen molar-refractivity contribution in [2.75, 3.05) is 19.5 Å². The van der Waals surface area contributed by atoms with E-state index in [2.05, 4.69) is 20.8 Å². The molecule has 3 aromatic rings. The summed E-state index contributed by atoms with van der Waals surface area (Å²) in [5.74, 6) is -0.296. The molecule has 1 aliphatic rings. The molecule has 0 unspecified atom stereocenters. The van der Waals surface area contributed by atoms with Gasteiger partial charge in [-0.25, -0.2) is 4.79 Å². The first-order valence-corrected chi connectivity index (χ1v) is 9.16. The number of tetrazole rings is 1. The zero-order valence-electron chi connectivity index (χ0n) is 16.6. The van der Waals surface area contributed by atoms with E-state index in [-0.39, 0.29) is 23.0 Å². The molecule has 2 aromatic carbocycles. The minimum Gasteiger partial charge on any atom is -0.496 e. The highest BCUT2D eigenvalue weighted by Crippen LogP contribution is 2.40. The average molecular weight is 405 g/mol. The van der Waals surface area contributed by atoms with E-state index < -0.39 is 12.0 Å². The number of esters is 1. The van der Waals surface area contributed by atoms with Crippen LogP contribution in [0.3, 0.4) is 0 Å². The van der Waals surface area contributed by atoms with Crippen LogP contribution in [-0.4, -0.2) is 46.2 Å². The average Bonchev–Trinajstić information content (AvgIpc) is 3.25. The third kappa shape index (κ3) is 3.20. The topological polar surface area (TPSA) is 108 Å². The smallest absolute Gasteiger partial charge is 0.355 e. The summed E-state index contributed by atoms with van der Waals surface area (Å²) in [6.45, 7) is 1.93. The Bertz CT molecular complexity index is 1150. The third-order valence-corrected chi connectivity index (χ3v) is 4.90. The monoisotopic (exact) mass is 405 g/mol. The lowest BCUT2D eigenvalue weighted by atomic mass is 9.88. The van der Waals surface area contributed by atoms with E-state index in [1.165, 1.54) is 18.9 Å². The van der Waals surface area contributed by atoms with Crippen LogP contribution in [0.4, 0.5) is 5.95 Å². The highest BCUT2D eigenvalue weighted by molar-refractivity contribution is 6.15. The molecule has 9 heteroatoms. The summed E-state index contributed by atoms with van der Waals surface area (Å²) in [6.07, 6.45) is 0. The van der Waals surface area contributed by atoms with Gasteiger partial charge in [0.05, 0.1) is 19.8 Å². The van der Waals surface area contributed by atoms with E-state index in [1.807, 2.05) is 31.2 Å². The summed E-state index contributed by atoms with van der Waals surface area (Å²) in [4.78, 5) is 26.3. The number of fused-ring (bicyclic) bond motifs is 1. The molecule has 0 fully saturated rings. The Kier molecular flexibility index (Phi) is 5.01. The second kappa shape index (κ2) is 7.78. The molecule has 0 aliphatic carbocycles. The highest BCUT2D eigenvalue weighted by atomic mass is 16.5. The number of rotatable bonds is 5. The molecule has 2 heterocycles. The minimum absolute atomic E-state index is 0.0127. The second-order valence-corrected chi connectivity index (χ2v) is 6.69. The van der Waals surface area contributed by atoms with Gasteiger partial charge in [-0.3, -0.25) is 4.79 Å². The van der Waals surface area contributed by atoms with Crippen molar-refractivity contribution in [3.05, 3.63) is 76.5 Å². The van der Waals surface area contributed by atoms with Crippen LogP contribution < -0.4 is 10.1 Å². The first kappa shape index (κ1) is 19.3. The molecule has 0 saturated carbocycles. The summed E-state index contributed by atoms with van der Waals surface area (Å²) in [6, 6.07) is 13.5. The lowest BCUT2D eigenvalue weighted by Crippen LogP contribution is -2.33. The lowest BCUT2D eigenvalue weighted by Gasteiger charge is -2.29. The molecular formula is C21H19N5O4. The number of aryl methyl sites for hydroxylation is 1. The standard InChI is InChI=1S/C21H19N5O4/c1-12-8-10-13(11-9-12)19(27)16-17(20(28)30-3)22-21-23-24-25-26(21)18(16)14-6-4-5-7-15(14)29-2/h4-11,18H,1-3H3,(H,22,23,25)/t18-/m0/s1. The third-order valence-electron chi connectivity index (χ3n) is 4.90. The van der Waals surface area contributed by atoms with Crippen LogP contribution in [0, 0.1) is 6.92 Å². The number of hydrogen-bond acceptors (Lipinski definition) is 8. The molecule has 0 saturated heterocycles. The number of nitrogens with zero attached hydrogens (tertiary/aromatic N) is 4. The normalized spacial score (nSPS) is 15.2. The van der Waals surface area contributed by atoms with Crippen LogP contribution in [0.2, 0.25) is 0 Å². The van der Waals surface area contributed by atoms with Crippen molar-refractivity contribution >= 4 is 17.7 Å². The van der Waals surface area contributed by atoms with Gasteiger partial charge in [0.25, 0.3) is 0 Å². The van der Waals surface area contributed by atoms with Crippen LogP contribution in [0.15, 0.2) is 59.8 Å². The molecule has 1 atom stereocenters. The fraction of sp³-hybridized carbons (Fsp3) is 0.190. The number of allylic oxidation sites excluding steroid dienone is 1. The Morgan fingerprint density at radius 3 is 2.50 bits per heavy atom. The number of methoxy groups -OCH3 is 2. The number of anilines is 1. The number of carbonyl (C=O) groups is 2. The number of para-hydroxylation sites is 1. The largest absolute Gasteiger partial charge is 0.496 e. The molecule has 0 bridgehead atoms. The van der Waals surface area contributed by atoms with Crippen molar-refractivity contribution < 1.29 is 19.1 Å². The Morgan fingerprint density at radius 1 is 1.07 bits per heavy atom. The van der Waals surface area contributed by atoms with Crippen LogP contribution in [0.1, 0.15) is 27.5 Å². The minimum atomic E-state index is -0.796. The van der Waals surface area contributed by atoms with Gasteiger partial charge in [0.2, 0.25) is 5.95 Å². The Balaban J connectivity index is 1.98. The van der Waals surface area contributed by atoms with Crippen LogP contribution in [0.25, 0.3) is 0 Å². The van der Waals surface area contributed by atoms with Crippen LogP contribution in [0.5, 0.6) is 5.75 Å². The van der Waals surface area contributed by atoms with Gasteiger partial charge in [-0.15, -0.1) is 0 Å². The fourth-order valence-electron chi connectivity index (χ4n) is 3.43. The van der Waals surface area contributed by atoms with Gasteiger partial charge in [0.1, 0.15) is 17.5 Å². The zero-order chi connectivity index (χ0) is 21.3. The first-order chi connectivity index (χ1) is 14.5. The Morgan fingerprint density at radius 2 is 1.80 bits per heavy atom. The molecule has 1 aliphatic heterocycles. The molecule has 30 heavy (non-hydrogen) atoms. The molecule has 1 aromatic heterocycles. The Hall–Kier alpha value is -4.01. The summed E-state index contributed by atoms with van der Waals surface area (Å²) in [7, 11) is 2.79. The second-order valence-electron chi connectivity index (χ2n) is 6.69. The van der Waals surface area contributed by atoms with Gasteiger partial charge >= 0.3 is 5.97 Å². The number of carbonyl (C=O) groups excluding carboxylic acids is 2. The van der Waals surface area contributed by atoms with Crippen LogP contribution >= 0.6 is 0 Å². The van der Waals surface area contributed by atoms with Crippen molar-refractivity contribution in [3.8, 4) is 5.75 Å². The van der Waals surface area contributed by atoms with E-state index in [1.54, 1.807) is 24.3 Å². The first-order valence-electron chi connectivity index (χ1n) is 9.16. The molecule has 9 nitrogen and oxygen atoms in total. The van der Waals surface area contributed by atoms with Crippen molar-refractivity contribution in [1.82, 2.24) is 20.2 Å². The predicted molar refractivity (Wildman–Crippen MR) is 107 cm³/mol. The lowest BCUT2D eigenvalue weighted by molar-refractivity contribution is -0.136. The van der Waals surface area contributed by atoms with E-state index in [9.17, 15) is 9.59 Å². The number of aromatic nitrogens is 4. The number of Topliss-reactive ketones (excluding diaryl/α,β-unsaturated/α-hetero) is 1. The maximum Gasteiger partial charge on any atom is 0.355 e.